The van der Waals surface area contributed by atoms with Crippen molar-refractivity contribution in [1.29, 1.82) is 0 Å². The summed E-state index contributed by atoms with van der Waals surface area (Å²) in [5.41, 5.74) is 4.72. The monoisotopic (exact) mass is 291 g/mol. The van der Waals surface area contributed by atoms with Crippen molar-refractivity contribution in [3.8, 4) is 0 Å². The molecular formula is C13H18BN3O4. The Hall–Kier alpha value is -1.93. The average Bonchev–Trinajstić information content (AvgIpc) is 2.54. The van der Waals surface area contributed by atoms with Crippen molar-refractivity contribution in [2.75, 3.05) is 5.73 Å². The standard InChI is InChI=1S/C13H18BN3O4/c1-12(2)13(3,4)21-14(20-12)7-5-10-11(17(18)19)9(15)6-8-16-10/h5-8H,1-4H3,(H2,15,16)/b7-5+. The van der Waals surface area contributed by atoms with Gasteiger partial charge in [0, 0.05) is 6.20 Å². The maximum atomic E-state index is 11.0. The maximum absolute atomic E-state index is 11.0. The summed E-state index contributed by atoms with van der Waals surface area (Å²) >= 11 is 0. The number of nitrogen functional groups attached to an aromatic ring is 1. The summed E-state index contributed by atoms with van der Waals surface area (Å²) in [6.07, 6.45) is 2.92. The Morgan fingerprint density at radius 1 is 1.33 bits per heavy atom. The topological polar surface area (TPSA) is 101 Å². The molecule has 1 aliphatic heterocycles. The highest BCUT2D eigenvalue weighted by atomic mass is 16.7. The molecule has 0 radical (unpaired) electrons. The van der Waals surface area contributed by atoms with E-state index in [1.165, 1.54) is 18.3 Å². The van der Waals surface area contributed by atoms with Gasteiger partial charge in [-0.3, -0.25) is 10.1 Å². The van der Waals surface area contributed by atoms with E-state index in [1.807, 2.05) is 27.7 Å². The molecule has 2 rings (SSSR count). The summed E-state index contributed by atoms with van der Waals surface area (Å²) in [7, 11) is -0.585. The van der Waals surface area contributed by atoms with E-state index in [4.69, 9.17) is 15.0 Å². The number of hydrogen-bond acceptors (Lipinski definition) is 6. The molecule has 1 aromatic rings. The van der Waals surface area contributed by atoms with Gasteiger partial charge >= 0.3 is 12.8 Å². The normalized spacial score (nSPS) is 20.1. The van der Waals surface area contributed by atoms with E-state index < -0.39 is 23.2 Å². The Morgan fingerprint density at radius 3 is 2.43 bits per heavy atom. The number of nitrogens with two attached hydrogens (primary N) is 1. The second kappa shape index (κ2) is 5.12. The zero-order valence-electron chi connectivity index (χ0n) is 12.5. The zero-order chi connectivity index (χ0) is 15.8. The molecule has 0 saturated carbocycles. The Bertz CT molecular complexity index is 585. The highest BCUT2D eigenvalue weighted by Gasteiger charge is 2.50. The van der Waals surface area contributed by atoms with Crippen LogP contribution in [0.5, 0.6) is 0 Å². The van der Waals surface area contributed by atoms with Gasteiger partial charge in [0.15, 0.2) is 0 Å². The van der Waals surface area contributed by atoms with Gasteiger partial charge < -0.3 is 15.0 Å². The van der Waals surface area contributed by atoms with E-state index in [9.17, 15) is 10.1 Å². The van der Waals surface area contributed by atoms with Crippen molar-refractivity contribution in [3.63, 3.8) is 0 Å². The highest BCUT2D eigenvalue weighted by Crippen LogP contribution is 2.37. The van der Waals surface area contributed by atoms with Gasteiger partial charge in [0.05, 0.1) is 16.1 Å². The van der Waals surface area contributed by atoms with Crippen LogP contribution in [0.3, 0.4) is 0 Å². The van der Waals surface area contributed by atoms with E-state index in [0.717, 1.165) is 0 Å². The van der Waals surface area contributed by atoms with E-state index in [0.29, 0.717) is 0 Å². The number of rotatable bonds is 3. The smallest absolute Gasteiger partial charge is 0.400 e. The van der Waals surface area contributed by atoms with Gasteiger partial charge in [0.25, 0.3) is 0 Å². The number of aromatic nitrogens is 1. The first-order valence-corrected chi connectivity index (χ1v) is 6.57. The van der Waals surface area contributed by atoms with Crippen LogP contribution in [0.4, 0.5) is 11.4 Å². The molecule has 7 nitrogen and oxygen atoms in total. The van der Waals surface area contributed by atoms with Crippen molar-refractivity contribution < 1.29 is 14.2 Å². The molecule has 0 aromatic carbocycles. The average molecular weight is 291 g/mol. The van der Waals surface area contributed by atoms with E-state index >= 15 is 0 Å². The molecule has 0 unspecified atom stereocenters. The fourth-order valence-electron chi connectivity index (χ4n) is 1.94. The second-order valence-corrected chi connectivity index (χ2v) is 5.87. The largest absolute Gasteiger partial charge is 0.487 e. The first kappa shape index (κ1) is 15.5. The lowest BCUT2D eigenvalue weighted by Gasteiger charge is -2.32. The van der Waals surface area contributed by atoms with Gasteiger partial charge in [-0.05, 0) is 39.8 Å². The Labute approximate surface area is 123 Å². The number of nitrogens with zero attached hydrogens (tertiary/aromatic N) is 2. The van der Waals surface area contributed by atoms with Gasteiger partial charge in [0.2, 0.25) is 0 Å². The second-order valence-electron chi connectivity index (χ2n) is 5.87. The van der Waals surface area contributed by atoms with E-state index in [1.54, 1.807) is 5.98 Å². The van der Waals surface area contributed by atoms with Crippen LogP contribution < -0.4 is 5.73 Å². The molecule has 1 aromatic heterocycles. The third-order valence-corrected chi connectivity index (χ3v) is 3.85. The molecule has 21 heavy (non-hydrogen) atoms. The number of anilines is 1. The fourth-order valence-corrected chi connectivity index (χ4v) is 1.94. The van der Waals surface area contributed by atoms with Crippen LogP contribution >= 0.6 is 0 Å². The minimum atomic E-state index is -0.585. The van der Waals surface area contributed by atoms with Crippen molar-refractivity contribution in [3.05, 3.63) is 34.0 Å². The molecule has 2 heterocycles. The molecular weight excluding hydrogens is 273 g/mol. The molecule has 0 aliphatic carbocycles. The molecule has 1 aliphatic rings. The summed E-state index contributed by atoms with van der Waals surface area (Å²) < 4.78 is 11.6. The summed E-state index contributed by atoms with van der Waals surface area (Å²) in [4.78, 5) is 14.5. The van der Waals surface area contributed by atoms with Crippen LogP contribution in [0.25, 0.3) is 6.08 Å². The molecule has 8 heteroatoms. The van der Waals surface area contributed by atoms with Crippen molar-refractivity contribution in [2.24, 2.45) is 0 Å². The fraction of sp³-hybridized carbons (Fsp3) is 0.462. The SMILES string of the molecule is CC1(C)OB(/C=C/c2nccc(N)c2[N+](=O)[O-])OC1(C)C. The van der Waals surface area contributed by atoms with Crippen LogP contribution in [0.2, 0.25) is 0 Å². The third kappa shape index (κ3) is 2.91. The molecule has 0 bridgehead atoms. The predicted molar refractivity (Wildman–Crippen MR) is 80.4 cm³/mol. The Morgan fingerprint density at radius 2 is 1.90 bits per heavy atom. The minimum Gasteiger partial charge on any atom is -0.400 e. The van der Waals surface area contributed by atoms with Crippen molar-refractivity contribution in [1.82, 2.24) is 4.98 Å². The van der Waals surface area contributed by atoms with Gasteiger partial charge in [0.1, 0.15) is 11.4 Å². The number of hydrogen-bond donors (Lipinski definition) is 1. The van der Waals surface area contributed by atoms with Gasteiger partial charge in [-0.2, -0.15) is 0 Å². The van der Waals surface area contributed by atoms with E-state index in [-0.39, 0.29) is 17.1 Å². The van der Waals surface area contributed by atoms with Gasteiger partial charge in [-0.25, -0.2) is 4.98 Å². The summed E-state index contributed by atoms with van der Waals surface area (Å²) in [5, 5.41) is 11.0. The molecule has 0 amide bonds. The lowest BCUT2D eigenvalue weighted by Crippen LogP contribution is -2.41. The molecule has 1 fully saturated rings. The van der Waals surface area contributed by atoms with Crippen LogP contribution in [0.15, 0.2) is 18.2 Å². The van der Waals surface area contributed by atoms with Crippen LogP contribution in [0.1, 0.15) is 33.4 Å². The molecule has 112 valence electrons. The molecule has 0 atom stereocenters. The van der Waals surface area contributed by atoms with Gasteiger partial charge in [-0.1, -0.05) is 5.98 Å². The zero-order valence-corrected chi connectivity index (χ0v) is 12.5. The third-order valence-electron chi connectivity index (χ3n) is 3.85. The first-order valence-electron chi connectivity index (χ1n) is 6.57. The molecule has 2 N–H and O–H groups in total. The lowest BCUT2D eigenvalue weighted by atomic mass is 9.89. The van der Waals surface area contributed by atoms with Crippen molar-refractivity contribution in [2.45, 2.75) is 38.9 Å². The first-order chi connectivity index (χ1) is 9.64. The van der Waals surface area contributed by atoms with E-state index in [2.05, 4.69) is 4.98 Å². The molecule has 0 spiro atoms. The van der Waals surface area contributed by atoms with Crippen LogP contribution in [0, 0.1) is 10.1 Å². The highest BCUT2D eigenvalue weighted by molar-refractivity contribution is 6.52. The summed E-state index contributed by atoms with van der Waals surface area (Å²) in [6, 6.07) is 1.39. The minimum absolute atomic E-state index is 0.0727. The Kier molecular flexibility index (Phi) is 3.77. The number of nitro groups is 1. The summed E-state index contributed by atoms with van der Waals surface area (Å²) in [6.45, 7) is 7.73. The lowest BCUT2D eigenvalue weighted by molar-refractivity contribution is -0.384. The quantitative estimate of drug-likeness (QED) is 0.520. The van der Waals surface area contributed by atoms with Crippen LogP contribution in [-0.4, -0.2) is 28.2 Å². The maximum Gasteiger partial charge on any atom is 0.487 e. The predicted octanol–water partition coefficient (Wildman–Crippen LogP) is 2.22. The Balaban J connectivity index is 2.24. The molecule has 1 saturated heterocycles. The number of pyridine rings is 1. The van der Waals surface area contributed by atoms with Crippen molar-refractivity contribution >= 4 is 24.6 Å². The van der Waals surface area contributed by atoms with Crippen LogP contribution in [-0.2, 0) is 9.31 Å². The summed E-state index contributed by atoms with van der Waals surface area (Å²) in [5.74, 6) is 1.60. The van der Waals surface area contributed by atoms with Gasteiger partial charge in [-0.15, -0.1) is 0 Å².